The minimum absolute atomic E-state index is 0.735. The minimum atomic E-state index is -0.735. The van der Waals surface area contributed by atoms with Gasteiger partial charge in [0.2, 0.25) is 0 Å². The molecule has 0 saturated heterocycles. The SMILES string of the molecule is IC[Si](I)(I)I. The monoisotopic (exact) mass is 550 g/mol. The van der Waals surface area contributed by atoms with Crippen molar-refractivity contribution >= 4 is 88.5 Å². The first-order valence-corrected chi connectivity index (χ1v) is 14.3. The lowest BCUT2D eigenvalue weighted by Gasteiger charge is -1.99. The van der Waals surface area contributed by atoms with Crippen molar-refractivity contribution in [2.45, 2.75) is 0 Å². The van der Waals surface area contributed by atoms with Gasteiger partial charge in [0.05, 0.1) is 0 Å². The van der Waals surface area contributed by atoms with Gasteiger partial charge in [-0.2, -0.15) is 0 Å². The Morgan fingerprint density at radius 3 is 1.33 bits per heavy atom. The molecule has 0 aliphatic rings. The fourth-order valence-electron chi connectivity index (χ4n) is 0. The average molecular weight is 550 g/mol. The number of hydrogen-bond donors (Lipinski definition) is 0. The van der Waals surface area contributed by atoms with Gasteiger partial charge in [-0.05, 0) is 0 Å². The van der Waals surface area contributed by atoms with Crippen LogP contribution in [-0.2, 0) is 0 Å². The number of rotatable bonds is 1. The van der Waals surface area contributed by atoms with E-state index in [1.807, 2.05) is 0 Å². The van der Waals surface area contributed by atoms with Crippen LogP contribution in [-0.4, -0.2) is 4.61 Å². The Balaban J connectivity index is 3.17. The molecule has 0 aromatic rings. The van der Waals surface area contributed by atoms with E-state index < -0.39 is 0.564 Å². The third-order valence-corrected chi connectivity index (χ3v) is 20.5. The molecule has 0 bridgehead atoms. The van der Waals surface area contributed by atoms with Gasteiger partial charge in [-0.25, -0.2) is 0 Å². The van der Waals surface area contributed by atoms with Crippen LogP contribution in [0.4, 0.5) is 0 Å². The molecular formula is CH2I4Si. The van der Waals surface area contributed by atoms with Crippen LogP contribution in [0.2, 0.25) is 0 Å². The topological polar surface area (TPSA) is 0 Å². The van der Waals surface area contributed by atoms with Crippen LogP contribution < -0.4 is 0 Å². The predicted octanol–water partition coefficient (Wildman–Crippen LogP) is 3.20. The van der Waals surface area contributed by atoms with Gasteiger partial charge in [0.15, 0.2) is 0 Å². The number of halogens is 4. The minimum Gasteiger partial charge on any atom is -0.0901 e. The Bertz CT molecular complexity index is 37.3. The van der Waals surface area contributed by atoms with Gasteiger partial charge in [0, 0.05) is 4.05 Å². The molecule has 38 valence electrons. The second-order valence-corrected chi connectivity index (χ2v) is 39.7. The molecule has 0 aromatic carbocycles. The smallest absolute Gasteiger partial charge is 0.0901 e. The number of hydrogen-bond acceptors (Lipinski definition) is 0. The second kappa shape index (κ2) is 4.03. The largest absolute Gasteiger partial charge is 0.262 e. The van der Waals surface area contributed by atoms with E-state index in [2.05, 4.69) is 88.0 Å². The zero-order valence-corrected chi connectivity index (χ0v) is 12.3. The average Bonchev–Trinajstić information content (AvgIpc) is 1.35. The standard InChI is InChI=1S/CH2I4Si/c2-1-6(3,4)5/h1H2. The van der Waals surface area contributed by atoms with Crippen molar-refractivity contribution in [2.75, 3.05) is 4.05 Å². The van der Waals surface area contributed by atoms with Crippen LogP contribution in [0.15, 0.2) is 0 Å². The summed E-state index contributed by atoms with van der Waals surface area (Å²) in [4.78, 5) is 0. The third kappa shape index (κ3) is 7.14. The summed E-state index contributed by atoms with van der Waals surface area (Å²) in [7, 11) is 0. The summed E-state index contributed by atoms with van der Waals surface area (Å²) in [6, 6.07) is 0. The van der Waals surface area contributed by atoms with Gasteiger partial charge in [-0.3, -0.25) is 0 Å². The third-order valence-electron chi connectivity index (χ3n) is 0.152. The van der Waals surface area contributed by atoms with Gasteiger partial charge in [0.1, 0.15) is 0 Å². The molecule has 0 rings (SSSR count). The molecule has 0 unspecified atom stereocenters. The molecule has 0 fully saturated rings. The van der Waals surface area contributed by atoms with Gasteiger partial charge < -0.3 is 0 Å². The van der Waals surface area contributed by atoms with Gasteiger partial charge in [-0.1, -0.05) is 88.0 Å². The number of alkyl halides is 1. The summed E-state index contributed by atoms with van der Waals surface area (Å²) in [6.07, 6.45) is 0. The van der Waals surface area contributed by atoms with E-state index in [1.54, 1.807) is 0 Å². The van der Waals surface area contributed by atoms with E-state index in [0.29, 0.717) is 0 Å². The van der Waals surface area contributed by atoms with Gasteiger partial charge in [0.25, 0.3) is 0.564 Å². The van der Waals surface area contributed by atoms with Crippen LogP contribution in [0.5, 0.6) is 0 Å². The predicted molar refractivity (Wildman–Crippen MR) is 66.7 cm³/mol. The molecule has 0 aromatic heterocycles. The molecule has 0 amide bonds. The van der Waals surface area contributed by atoms with Crippen LogP contribution >= 0.6 is 88.0 Å². The summed E-state index contributed by atoms with van der Waals surface area (Å²) in [5.74, 6) is 0. The molecular weight excluding hydrogens is 548 g/mol. The van der Waals surface area contributed by atoms with E-state index >= 15 is 0 Å². The first kappa shape index (κ1) is 9.14. The first-order valence-electron chi connectivity index (χ1n) is 1.19. The molecule has 0 saturated carbocycles. The van der Waals surface area contributed by atoms with E-state index in [9.17, 15) is 0 Å². The highest BCUT2D eigenvalue weighted by Gasteiger charge is 2.18. The Hall–Kier alpha value is 3.14. The van der Waals surface area contributed by atoms with E-state index in [0.717, 1.165) is 0 Å². The van der Waals surface area contributed by atoms with E-state index in [1.165, 1.54) is 4.05 Å². The Morgan fingerprint density at radius 1 is 1.17 bits per heavy atom. The van der Waals surface area contributed by atoms with Crippen molar-refractivity contribution in [2.24, 2.45) is 0 Å². The van der Waals surface area contributed by atoms with E-state index in [-0.39, 0.29) is 0 Å². The zero-order chi connectivity index (χ0) is 5.21. The van der Waals surface area contributed by atoms with Crippen LogP contribution in [0.1, 0.15) is 0 Å². The normalized spacial score (nSPS) is 12.0. The summed E-state index contributed by atoms with van der Waals surface area (Å²) in [6.45, 7) is 0. The lowest BCUT2D eigenvalue weighted by atomic mass is 11.9. The van der Waals surface area contributed by atoms with Crippen molar-refractivity contribution in [3.8, 4) is 0 Å². The fraction of sp³-hybridized carbons (Fsp3) is 1.00. The van der Waals surface area contributed by atoms with Gasteiger partial charge >= 0.3 is 0 Å². The Kier molecular flexibility index (Phi) is 6.14. The second-order valence-electron chi connectivity index (χ2n) is 0.749. The van der Waals surface area contributed by atoms with Crippen molar-refractivity contribution in [1.82, 2.24) is 0 Å². The van der Waals surface area contributed by atoms with E-state index in [4.69, 9.17) is 0 Å². The van der Waals surface area contributed by atoms with Crippen molar-refractivity contribution < 1.29 is 0 Å². The van der Waals surface area contributed by atoms with Crippen LogP contribution in [0, 0.1) is 0 Å². The molecule has 0 heterocycles. The van der Waals surface area contributed by atoms with Crippen molar-refractivity contribution in [3.63, 3.8) is 0 Å². The Morgan fingerprint density at radius 2 is 1.33 bits per heavy atom. The van der Waals surface area contributed by atoms with Crippen molar-refractivity contribution in [3.05, 3.63) is 0 Å². The maximum Gasteiger partial charge on any atom is 0.262 e. The summed E-state index contributed by atoms with van der Waals surface area (Å²) < 4.78 is 0.605. The summed E-state index contributed by atoms with van der Waals surface area (Å²) in [5, 5.41) is 0. The fourth-order valence-corrected chi connectivity index (χ4v) is 0. The lowest BCUT2D eigenvalue weighted by molar-refractivity contribution is 2.35. The maximum absolute atomic E-state index is 2.55. The molecule has 0 atom stereocenters. The molecule has 0 N–H and O–H groups in total. The molecule has 5 heteroatoms. The zero-order valence-electron chi connectivity index (χ0n) is 2.72. The molecule has 0 aliphatic carbocycles. The van der Waals surface area contributed by atoms with Crippen LogP contribution in [0.25, 0.3) is 0 Å². The van der Waals surface area contributed by atoms with Crippen LogP contribution in [0.3, 0.4) is 0 Å². The quantitative estimate of drug-likeness (QED) is 0.204. The Labute approximate surface area is 90.4 Å². The first-order chi connectivity index (χ1) is 2.56. The molecule has 6 heavy (non-hydrogen) atoms. The van der Waals surface area contributed by atoms with Crippen molar-refractivity contribution in [1.29, 1.82) is 0 Å². The maximum atomic E-state index is 2.55. The highest BCUT2D eigenvalue weighted by Crippen LogP contribution is 2.30. The van der Waals surface area contributed by atoms with Gasteiger partial charge in [-0.15, -0.1) is 0 Å². The highest BCUT2D eigenvalue weighted by molar-refractivity contribution is 14.4. The summed E-state index contributed by atoms with van der Waals surface area (Å²) >= 11 is 10.1. The highest BCUT2D eigenvalue weighted by atomic mass is 127. The molecule has 0 radical (unpaired) electrons. The lowest BCUT2D eigenvalue weighted by Crippen LogP contribution is -2.06. The molecule has 0 aliphatic heterocycles. The molecule has 0 nitrogen and oxygen atoms in total. The molecule has 0 spiro atoms. The summed E-state index contributed by atoms with van der Waals surface area (Å²) in [5.41, 5.74) is 0.